The van der Waals surface area contributed by atoms with E-state index in [1.54, 1.807) is 11.3 Å². The molecule has 2 aromatic rings. The van der Waals surface area contributed by atoms with E-state index in [2.05, 4.69) is 20.0 Å². The molecule has 0 saturated carbocycles. The predicted octanol–water partition coefficient (Wildman–Crippen LogP) is 3.41. The Morgan fingerprint density at radius 1 is 1.12 bits per heavy atom. The zero-order chi connectivity index (χ0) is 17.8. The van der Waals surface area contributed by atoms with Crippen LogP contribution in [0, 0.1) is 5.92 Å². The van der Waals surface area contributed by atoms with Crippen molar-refractivity contribution in [3.63, 3.8) is 0 Å². The van der Waals surface area contributed by atoms with Gasteiger partial charge in [-0.1, -0.05) is 18.9 Å². The van der Waals surface area contributed by atoms with Gasteiger partial charge in [0.15, 0.2) is 0 Å². The smallest absolute Gasteiger partial charge is 0.257 e. The van der Waals surface area contributed by atoms with Gasteiger partial charge in [-0.15, -0.1) is 21.5 Å². The second-order valence-electron chi connectivity index (χ2n) is 7.27. The van der Waals surface area contributed by atoms with E-state index >= 15 is 0 Å². The lowest BCUT2D eigenvalue weighted by Gasteiger charge is -2.33. The molecule has 2 aliphatic rings. The average Bonchev–Trinajstić information content (AvgIpc) is 3.28. The van der Waals surface area contributed by atoms with E-state index in [0.29, 0.717) is 24.2 Å². The molecule has 0 aromatic carbocycles. The number of thiophene rings is 1. The molecule has 0 spiro atoms. The molecule has 7 heteroatoms. The number of nitrogens with zero attached hydrogens (tertiary/aromatic N) is 4. The van der Waals surface area contributed by atoms with Crippen LogP contribution in [0.15, 0.2) is 21.9 Å². The number of hydrogen-bond acceptors (Lipinski definition) is 6. The van der Waals surface area contributed by atoms with Gasteiger partial charge >= 0.3 is 0 Å². The molecule has 0 atom stereocenters. The third kappa shape index (κ3) is 4.15. The zero-order valence-corrected chi connectivity index (χ0v) is 15.9. The van der Waals surface area contributed by atoms with Gasteiger partial charge in [0.2, 0.25) is 11.8 Å². The molecule has 2 aromatic heterocycles. The number of rotatable bonds is 4. The minimum Gasteiger partial charge on any atom is -0.419 e. The van der Waals surface area contributed by atoms with Crippen LogP contribution in [0.25, 0.3) is 10.8 Å². The van der Waals surface area contributed by atoms with E-state index in [9.17, 15) is 4.79 Å². The lowest BCUT2D eigenvalue weighted by atomic mass is 9.95. The number of carbonyl (C=O) groups excluding carboxylic acids is 1. The van der Waals surface area contributed by atoms with Gasteiger partial charge in [0, 0.05) is 19.0 Å². The van der Waals surface area contributed by atoms with Crippen LogP contribution in [0.4, 0.5) is 0 Å². The molecule has 2 fully saturated rings. The number of hydrogen-bond donors (Lipinski definition) is 0. The van der Waals surface area contributed by atoms with E-state index in [-0.39, 0.29) is 5.92 Å². The highest BCUT2D eigenvalue weighted by Gasteiger charge is 2.29. The van der Waals surface area contributed by atoms with Crippen LogP contribution < -0.4 is 0 Å². The van der Waals surface area contributed by atoms with Gasteiger partial charge in [-0.2, -0.15) is 0 Å². The Morgan fingerprint density at radius 2 is 1.88 bits per heavy atom. The molecule has 2 aliphatic heterocycles. The molecule has 0 bridgehead atoms. The molecule has 6 nitrogen and oxygen atoms in total. The first-order chi connectivity index (χ1) is 12.8. The molecule has 26 heavy (non-hydrogen) atoms. The van der Waals surface area contributed by atoms with Gasteiger partial charge in [-0.3, -0.25) is 9.69 Å². The molecule has 0 aliphatic carbocycles. The van der Waals surface area contributed by atoms with Crippen LogP contribution in [0.1, 0.15) is 44.4 Å². The fourth-order valence-electron chi connectivity index (χ4n) is 3.90. The molecule has 0 radical (unpaired) electrons. The van der Waals surface area contributed by atoms with Crippen molar-refractivity contribution in [1.82, 2.24) is 20.0 Å². The Morgan fingerprint density at radius 3 is 2.58 bits per heavy atom. The van der Waals surface area contributed by atoms with Gasteiger partial charge in [0.05, 0.1) is 11.4 Å². The van der Waals surface area contributed by atoms with E-state index < -0.39 is 0 Å². The molecular formula is C19H26N4O2S. The topological polar surface area (TPSA) is 62.5 Å². The van der Waals surface area contributed by atoms with Crippen molar-refractivity contribution < 1.29 is 9.21 Å². The van der Waals surface area contributed by atoms with Crippen molar-refractivity contribution in [2.75, 3.05) is 26.2 Å². The summed E-state index contributed by atoms with van der Waals surface area (Å²) in [5.74, 6) is 1.82. The van der Waals surface area contributed by atoms with Gasteiger partial charge in [0.25, 0.3) is 5.89 Å². The Kier molecular flexibility index (Phi) is 5.65. The fraction of sp³-hybridized carbons (Fsp3) is 0.632. The standard InChI is InChI=1S/C19H26N4O2S/c24-19(23-9-3-1-2-4-10-23)15-7-11-22(12-8-15)14-17-20-21-18(25-17)16-6-5-13-26-16/h5-6,13,15H,1-4,7-12,14H2. The molecule has 2 saturated heterocycles. The van der Waals surface area contributed by atoms with Crippen molar-refractivity contribution in [3.8, 4) is 10.8 Å². The lowest BCUT2D eigenvalue weighted by molar-refractivity contribution is -0.137. The Balaban J connectivity index is 1.28. The zero-order valence-electron chi connectivity index (χ0n) is 15.1. The van der Waals surface area contributed by atoms with Crippen LogP contribution in [-0.2, 0) is 11.3 Å². The summed E-state index contributed by atoms with van der Waals surface area (Å²) < 4.78 is 5.79. The first-order valence-electron chi connectivity index (χ1n) is 9.67. The second kappa shape index (κ2) is 8.31. The number of aromatic nitrogens is 2. The number of likely N-dealkylation sites (tertiary alicyclic amines) is 2. The minimum absolute atomic E-state index is 0.189. The molecule has 4 heterocycles. The Labute approximate surface area is 158 Å². The maximum absolute atomic E-state index is 12.8. The summed E-state index contributed by atoms with van der Waals surface area (Å²) in [5, 5.41) is 10.3. The third-order valence-corrected chi connectivity index (χ3v) is 6.27. The summed E-state index contributed by atoms with van der Waals surface area (Å²) in [5.41, 5.74) is 0. The SMILES string of the molecule is O=C(C1CCN(Cc2nnc(-c3cccs3)o2)CC1)N1CCCCCC1. The Bertz CT molecular complexity index is 699. The highest BCUT2D eigenvalue weighted by atomic mass is 32.1. The predicted molar refractivity (Wildman–Crippen MR) is 101 cm³/mol. The van der Waals surface area contributed by atoms with Gasteiger partial charge in [-0.05, 0) is 50.2 Å². The van der Waals surface area contributed by atoms with E-state index in [4.69, 9.17) is 4.42 Å². The van der Waals surface area contributed by atoms with Gasteiger partial charge in [-0.25, -0.2) is 0 Å². The van der Waals surface area contributed by atoms with E-state index in [1.165, 1.54) is 12.8 Å². The van der Waals surface area contributed by atoms with Crippen LogP contribution in [0.2, 0.25) is 0 Å². The molecule has 140 valence electrons. The van der Waals surface area contributed by atoms with Crippen molar-refractivity contribution in [2.45, 2.75) is 45.1 Å². The molecule has 1 amide bonds. The van der Waals surface area contributed by atoms with Crippen molar-refractivity contribution in [1.29, 1.82) is 0 Å². The van der Waals surface area contributed by atoms with Crippen molar-refractivity contribution >= 4 is 17.2 Å². The fourth-order valence-corrected chi connectivity index (χ4v) is 4.54. The monoisotopic (exact) mass is 374 g/mol. The maximum atomic E-state index is 12.8. The number of carbonyl (C=O) groups is 1. The summed E-state index contributed by atoms with van der Waals surface area (Å²) in [6.07, 6.45) is 6.71. The normalized spacial score (nSPS) is 20.2. The summed E-state index contributed by atoms with van der Waals surface area (Å²) in [4.78, 5) is 18.2. The quantitative estimate of drug-likeness (QED) is 0.821. The van der Waals surface area contributed by atoms with Crippen molar-refractivity contribution in [3.05, 3.63) is 23.4 Å². The summed E-state index contributed by atoms with van der Waals surface area (Å²) in [6, 6.07) is 3.97. The number of piperidine rings is 1. The minimum atomic E-state index is 0.189. The molecular weight excluding hydrogens is 348 g/mol. The average molecular weight is 375 g/mol. The summed E-state index contributed by atoms with van der Waals surface area (Å²) in [7, 11) is 0. The second-order valence-corrected chi connectivity index (χ2v) is 8.22. The summed E-state index contributed by atoms with van der Waals surface area (Å²) in [6.45, 7) is 4.41. The van der Waals surface area contributed by atoms with Crippen molar-refractivity contribution in [2.24, 2.45) is 5.92 Å². The first-order valence-corrected chi connectivity index (χ1v) is 10.5. The maximum Gasteiger partial charge on any atom is 0.257 e. The Hall–Kier alpha value is -1.73. The van der Waals surface area contributed by atoms with Gasteiger partial charge in [0.1, 0.15) is 0 Å². The third-order valence-electron chi connectivity index (χ3n) is 5.41. The van der Waals surface area contributed by atoms with E-state index in [0.717, 1.165) is 56.7 Å². The number of amides is 1. The van der Waals surface area contributed by atoms with Crippen LogP contribution in [-0.4, -0.2) is 52.1 Å². The van der Waals surface area contributed by atoms with Gasteiger partial charge < -0.3 is 9.32 Å². The highest BCUT2D eigenvalue weighted by Crippen LogP contribution is 2.25. The highest BCUT2D eigenvalue weighted by molar-refractivity contribution is 7.13. The lowest BCUT2D eigenvalue weighted by Crippen LogP contribution is -2.42. The van der Waals surface area contributed by atoms with E-state index in [1.807, 2.05) is 17.5 Å². The van der Waals surface area contributed by atoms with Crippen LogP contribution in [0.3, 0.4) is 0 Å². The first kappa shape index (κ1) is 17.7. The molecule has 4 rings (SSSR count). The molecule has 0 unspecified atom stereocenters. The molecule has 0 N–H and O–H groups in total. The van der Waals surface area contributed by atoms with Crippen LogP contribution in [0.5, 0.6) is 0 Å². The summed E-state index contributed by atoms with van der Waals surface area (Å²) >= 11 is 1.60. The van der Waals surface area contributed by atoms with Crippen LogP contribution >= 0.6 is 11.3 Å². The largest absolute Gasteiger partial charge is 0.419 e.